The van der Waals surface area contributed by atoms with Gasteiger partial charge in [0.05, 0.1) is 18.4 Å². The number of carbonyl (C=O) groups excluding carboxylic acids is 2. The zero-order valence-corrected chi connectivity index (χ0v) is 15.3. The second kappa shape index (κ2) is 7.28. The number of rotatable bonds is 5. The molecule has 0 aliphatic carbocycles. The highest BCUT2D eigenvalue weighted by Crippen LogP contribution is 2.45. The van der Waals surface area contributed by atoms with Gasteiger partial charge in [-0.25, -0.2) is 4.79 Å². The van der Waals surface area contributed by atoms with Crippen LogP contribution in [0.5, 0.6) is 5.75 Å². The zero-order chi connectivity index (χ0) is 18.8. The molecule has 2 aliphatic heterocycles. The van der Waals surface area contributed by atoms with Gasteiger partial charge in [-0.2, -0.15) is 0 Å². The van der Waals surface area contributed by atoms with Gasteiger partial charge in [-0.3, -0.25) is 14.7 Å². The van der Waals surface area contributed by atoms with E-state index in [0.29, 0.717) is 5.57 Å². The molecule has 6 nitrogen and oxygen atoms in total. The summed E-state index contributed by atoms with van der Waals surface area (Å²) >= 11 is 1.42. The van der Waals surface area contributed by atoms with Gasteiger partial charge in [0, 0.05) is 11.6 Å². The number of thioether (sulfide) groups is 1. The molecule has 136 valence electrons. The summed E-state index contributed by atoms with van der Waals surface area (Å²) in [6.07, 6.45) is 3.44. The van der Waals surface area contributed by atoms with Crippen molar-refractivity contribution in [3.05, 3.63) is 76.6 Å². The summed E-state index contributed by atoms with van der Waals surface area (Å²) in [6, 6.07) is 12.8. The van der Waals surface area contributed by atoms with Crippen LogP contribution in [0.3, 0.4) is 0 Å². The van der Waals surface area contributed by atoms with E-state index < -0.39 is 5.97 Å². The molecule has 1 atom stereocenters. The van der Waals surface area contributed by atoms with E-state index in [4.69, 9.17) is 9.47 Å². The van der Waals surface area contributed by atoms with Crippen LogP contribution in [0.25, 0.3) is 6.08 Å². The van der Waals surface area contributed by atoms with Crippen molar-refractivity contribution in [3.63, 3.8) is 0 Å². The number of ether oxygens (including phenoxy) is 2. The van der Waals surface area contributed by atoms with Crippen LogP contribution in [0.2, 0.25) is 0 Å². The maximum absolute atomic E-state index is 12.5. The number of pyridine rings is 1. The van der Waals surface area contributed by atoms with E-state index in [9.17, 15) is 9.59 Å². The van der Waals surface area contributed by atoms with Crippen molar-refractivity contribution >= 4 is 29.7 Å². The molecule has 1 fully saturated rings. The minimum atomic E-state index is -0.508. The predicted octanol–water partition coefficient (Wildman–Crippen LogP) is 2.97. The summed E-state index contributed by atoms with van der Waals surface area (Å²) in [7, 11) is 1.59. The first-order valence-corrected chi connectivity index (χ1v) is 9.23. The SMILES string of the molecule is COc1ccc(COC(=O)C2=CS[C@@H]3C(=Cc4ccccn4)C(=O)N23)cc1. The number of β-lactam (4-membered cyclic amide) rings is 1. The number of esters is 1. The van der Waals surface area contributed by atoms with E-state index in [1.807, 2.05) is 30.3 Å². The Bertz CT molecular complexity index is 938. The molecule has 0 radical (unpaired) electrons. The highest BCUT2D eigenvalue weighted by Gasteiger charge is 2.49. The number of nitrogens with zero attached hydrogens (tertiary/aromatic N) is 2. The van der Waals surface area contributed by atoms with Crippen molar-refractivity contribution in [2.75, 3.05) is 7.11 Å². The molecule has 0 spiro atoms. The maximum Gasteiger partial charge on any atom is 0.355 e. The monoisotopic (exact) mass is 380 g/mol. The Morgan fingerprint density at radius 3 is 2.78 bits per heavy atom. The zero-order valence-electron chi connectivity index (χ0n) is 14.5. The van der Waals surface area contributed by atoms with Gasteiger partial charge in [-0.1, -0.05) is 18.2 Å². The number of hydrogen-bond donors (Lipinski definition) is 0. The summed E-state index contributed by atoms with van der Waals surface area (Å²) in [5.41, 5.74) is 2.48. The predicted molar refractivity (Wildman–Crippen MR) is 101 cm³/mol. The fourth-order valence-corrected chi connectivity index (χ4v) is 3.94. The van der Waals surface area contributed by atoms with E-state index in [2.05, 4.69) is 4.98 Å². The highest BCUT2D eigenvalue weighted by atomic mass is 32.2. The van der Waals surface area contributed by atoms with E-state index in [1.165, 1.54) is 16.7 Å². The first-order chi connectivity index (χ1) is 13.2. The number of fused-ring (bicyclic) bond motifs is 1. The summed E-state index contributed by atoms with van der Waals surface area (Å²) in [5, 5.41) is 1.49. The molecule has 2 aliphatic rings. The van der Waals surface area contributed by atoms with E-state index in [-0.39, 0.29) is 23.6 Å². The quantitative estimate of drug-likeness (QED) is 0.451. The van der Waals surface area contributed by atoms with Crippen molar-refractivity contribution in [1.29, 1.82) is 0 Å². The number of carbonyl (C=O) groups is 2. The van der Waals surface area contributed by atoms with E-state index in [1.54, 1.807) is 36.9 Å². The summed E-state index contributed by atoms with van der Waals surface area (Å²) < 4.78 is 10.5. The molecule has 2 aromatic rings. The van der Waals surface area contributed by atoms with Gasteiger partial charge in [0.1, 0.15) is 23.4 Å². The second-order valence-corrected chi connectivity index (χ2v) is 6.90. The second-order valence-electron chi connectivity index (χ2n) is 5.95. The average Bonchev–Trinajstić information content (AvgIpc) is 3.12. The standard InChI is InChI=1S/C20H16N2O4S/c1-25-15-7-5-13(6-8-15)11-26-20(24)17-12-27-19-16(18(23)22(17)19)10-14-4-2-3-9-21-14/h2-10,12,19H,11H2,1H3/t19-/m1/s1. The molecule has 1 saturated heterocycles. The smallest absolute Gasteiger partial charge is 0.355 e. The van der Waals surface area contributed by atoms with Crippen molar-refractivity contribution < 1.29 is 19.1 Å². The Balaban J connectivity index is 1.39. The lowest BCUT2D eigenvalue weighted by Gasteiger charge is -2.37. The largest absolute Gasteiger partial charge is 0.497 e. The Morgan fingerprint density at radius 2 is 2.07 bits per heavy atom. The molecule has 4 rings (SSSR count). The maximum atomic E-state index is 12.5. The summed E-state index contributed by atoms with van der Waals surface area (Å²) in [5.74, 6) is 0.0376. The Kier molecular flexibility index (Phi) is 4.68. The minimum absolute atomic E-state index is 0.133. The minimum Gasteiger partial charge on any atom is -0.497 e. The molecule has 1 aromatic heterocycles. The molecular weight excluding hydrogens is 364 g/mol. The molecule has 1 aromatic carbocycles. The number of hydrogen-bond acceptors (Lipinski definition) is 6. The van der Waals surface area contributed by atoms with Crippen LogP contribution in [0.1, 0.15) is 11.3 Å². The lowest BCUT2D eigenvalue weighted by molar-refractivity contribution is -0.146. The summed E-state index contributed by atoms with van der Waals surface area (Å²) in [6.45, 7) is 0.133. The van der Waals surface area contributed by atoms with Gasteiger partial charge >= 0.3 is 5.97 Å². The molecule has 1 amide bonds. The van der Waals surface area contributed by atoms with Crippen LogP contribution in [0.15, 0.2) is 65.3 Å². The van der Waals surface area contributed by atoms with Crippen molar-refractivity contribution in [3.8, 4) is 5.75 Å². The average molecular weight is 380 g/mol. The van der Waals surface area contributed by atoms with E-state index in [0.717, 1.165) is 17.0 Å². The summed E-state index contributed by atoms with van der Waals surface area (Å²) in [4.78, 5) is 30.5. The molecule has 0 N–H and O–H groups in total. The number of benzene rings is 1. The van der Waals surface area contributed by atoms with Gasteiger partial charge < -0.3 is 9.47 Å². The van der Waals surface area contributed by atoms with Crippen LogP contribution in [0, 0.1) is 0 Å². The van der Waals surface area contributed by atoms with E-state index >= 15 is 0 Å². The van der Waals surface area contributed by atoms with Gasteiger partial charge in [0.2, 0.25) is 0 Å². The lowest BCUT2D eigenvalue weighted by atomic mass is 10.0. The topological polar surface area (TPSA) is 68.7 Å². The molecule has 3 heterocycles. The third-order valence-electron chi connectivity index (χ3n) is 4.26. The van der Waals surface area contributed by atoms with Gasteiger partial charge in [0.15, 0.2) is 0 Å². The van der Waals surface area contributed by atoms with Crippen molar-refractivity contribution in [2.45, 2.75) is 12.0 Å². The van der Waals surface area contributed by atoms with Crippen LogP contribution in [-0.4, -0.2) is 34.2 Å². The normalized spacial score (nSPS) is 19.4. The first-order valence-electron chi connectivity index (χ1n) is 8.29. The van der Waals surface area contributed by atoms with Gasteiger partial charge in [0.25, 0.3) is 5.91 Å². The van der Waals surface area contributed by atoms with Crippen molar-refractivity contribution in [1.82, 2.24) is 9.88 Å². The van der Waals surface area contributed by atoms with Gasteiger partial charge in [-0.05, 0) is 35.9 Å². The van der Waals surface area contributed by atoms with Crippen molar-refractivity contribution in [2.24, 2.45) is 0 Å². The third-order valence-corrected chi connectivity index (χ3v) is 5.35. The molecule has 7 heteroatoms. The first kappa shape index (κ1) is 17.4. The Labute approximate surface area is 160 Å². The molecule has 0 saturated carbocycles. The molecule has 0 bridgehead atoms. The van der Waals surface area contributed by atoms with Crippen LogP contribution in [-0.2, 0) is 20.9 Å². The fourth-order valence-electron chi connectivity index (χ4n) is 2.82. The fraction of sp³-hybridized carbons (Fsp3) is 0.150. The molecule has 27 heavy (non-hydrogen) atoms. The number of methoxy groups -OCH3 is 1. The highest BCUT2D eigenvalue weighted by molar-refractivity contribution is 8.03. The van der Waals surface area contributed by atoms with Crippen LogP contribution >= 0.6 is 11.8 Å². The number of aromatic nitrogens is 1. The van der Waals surface area contributed by atoms with Crippen LogP contribution in [0.4, 0.5) is 0 Å². The Morgan fingerprint density at radius 1 is 1.26 bits per heavy atom. The molecule has 0 unspecified atom stereocenters. The Hall–Kier alpha value is -3.06. The lowest BCUT2D eigenvalue weighted by Crippen LogP contribution is -2.51. The number of amides is 1. The van der Waals surface area contributed by atoms with Crippen LogP contribution < -0.4 is 4.74 Å². The van der Waals surface area contributed by atoms with Gasteiger partial charge in [-0.15, -0.1) is 11.8 Å². The molecular formula is C20H16N2O4S. The third kappa shape index (κ3) is 3.33.